The summed E-state index contributed by atoms with van der Waals surface area (Å²) in [5, 5.41) is 3.89. The number of rotatable bonds is 3. The highest BCUT2D eigenvalue weighted by Gasteiger charge is 2.27. The number of anilines is 1. The second kappa shape index (κ2) is 6.97. The Bertz CT molecular complexity index is 890. The Kier molecular flexibility index (Phi) is 4.91. The SMILES string of the molecule is CCS(=O)(=O)N1CCN(C(=O)Nc2cc(C)cc3cccnc23)CC1. The first-order valence-corrected chi connectivity index (χ1v) is 9.91. The van der Waals surface area contributed by atoms with Gasteiger partial charge in [-0.3, -0.25) is 4.98 Å². The highest BCUT2D eigenvalue weighted by molar-refractivity contribution is 7.89. The number of hydrogen-bond acceptors (Lipinski definition) is 4. The molecule has 2 amide bonds. The molecule has 1 saturated heterocycles. The van der Waals surface area contributed by atoms with Crippen LogP contribution in [0.3, 0.4) is 0 Å². The molecule has 0 unspecified atom stereocenters. The summed E-state index contributed by atoms with van der Waals surface area (Å²) >= 11 is 0. The van der Waals surface area contributed by atoms with Crippen molar-refractivity contribution in [3.8, 4) is 0 Å². The minimum atomic E-state index is -3.20. The van der Waals surface area contributed by atoms with Crippen molar-refractivity contribution >= 4 is 32.6 Å². The van der Waals surface area contributed by atoms with Gasteiger partial charge >= 0.3 is 6.03 Å². The van der Waals surface area contributed by atoms with E-state index in [0.717, 1.165) is 16.5 Å². The van der Waals surface area contributed by atoms with E-state index in [-0.39, 0.29) is 11.8 Å². The van der Waals surface area contributed by atoms with Crippen LogP contribution < -0.4 is 5.32 Å². The maximum Gasteiger partial charge on any atom is 0.321 e. The van der Waals surface area contributed by atoms with E-state index in [1.807, 2.05) is 31.2 Å². The van der Waals surface area contributed by atoms with Gasteiger partial charge in [-0.2, -0.15) is 4.31 Å². The van der Waals surface area contributed by atoms with Crippen molar-refractivity contribution < 1.29 is 13.2 Å². The number of hydrogen-bond donors (Lipinski definition) is 1. The summed E-state index contributed by atoms with van der Waals surface area (Å²) in [6.07, 6.45) is 1.70. The maximum absolute atomic E-state index is 12.6. The number of benzene rings is 1. The molecule has 2 heterocycles. The molecule has 2 aromatic rings. The molecule has 1 N–H and O–H groups in total. The largest absolute Gasteiger partial charge is 0.322 e. The second-order valence-corrected chi connectivity index (χ2v) is 8.36. The van der Waals surface area contributed by atoms with Crippen LogP contribution in [0.2, 0.25) is 0 Å². The Morgan fingerprint density at radius 1 is 1.24 bits per heavy atom. The zero-order chi connectivity index (χ0) is 18.0. The third-order valence-electron chi connectivity index (χ3n) is 4.37. The van der Waals surface area contributed by atoms with E-state index in [2.05, 4.69) is 10.3 Å². The number of fused-ring (bicyclic) bond motifs is 1. The molecule has 0 spiro atoms. The van der Waals surface area contributed by atoms with E-state index in [1.165, 1.54) is 4.31 Å². The second-order valence-electron chi connectivity index (χ2n) is 6.10. The molecule has 1 fully saturated rings. The van der Waals surface area contributed by atoms with Crippen LogP contribution in [0.25, 0.3) is 10.9 Å². The monoisotopic (exact) mass is 362 g/mol. The lowest BCUT2D eigenvalue weighted by atomic mass is 10.1. The zero-order valence-corrected chi connectivity index (χ0v) is 15.2. The number of piperazine rings is 1. The van der Waals surface area contributed by atoms with E-state index in [9.17, 15) is 13.2 Å². The molecule has 1 aliphatic heterocycles. The number of carbonyl (C=O) groups is 1. The molecular formula is C17H22N4O3S. The maximum atomic E-state index is 12.6. The fourth-order valence-corrected chi connectivity index (χ4v) is 4.07. The molecular weight excluding hydrogens is 340 g/mol. The Morgan fingerprint density at radius 3 is 2.64 bits per heavy atom. The summed E-state index contributed by atoms with van der Waals surface area (Å²) in [5.74, 6) is 0.0835. The lowest BCUT2D eigenvalue weighted by Crippen LogP contribution is -2.51. The summed E-state index contributed by atoms with van der Waals surface area (Å²) in [7, 11) is -3.20. The van der Waals surface area contributed by atoms with E-state index < -0.39 is 10.0 Å². The number of pyridine rings is 1. The fraction of sp³-hybridized carbons (Fsp3) is 0.412. The van der Waals surface area contributed by atoms with Gasteiger partial charge in [0.05, 0.1) is 17.0 Å². The number of nitrogens with zero attached hydrogens (tertiary/aromatic N) is 3. The molecule has 0 saturated carbocycles. The molecule has 1 aromatic heterocycles. The molecule has 0 aliphatic carbocycles. The third kappa shape index (κ3) is 3.74. The predicted molar refractivity (Wildman–Crippen MR) is 98.1 cm³/mol. The van der Waals surface area contributed by atoms with Crippen LogP contribution in [-0.4, -0.2) is 60.6 Å². The quantitative estimate of drug-likeness (QED) is 0.906. The normalized spacial score (nSPS) is 16.2. The first-order chi connectivity index (χ1) is 11.9. The van der Waals surface area contributed by atoms with Crippen LogP contribution in [0.1, 0.15) is 12.5 Å². The van der Waals surface area contributed by atoms with Gasteiger partial charge in [0.15, 0.2) is 0 Å². The standard InChI is InChI=1S/C17H22N4O3S/c1-3-25(23,24)21-9-7-20(8-10-21)17(22)19-15-12-13(2)11-14-5-4-6-18-16(14)15/h4-6,11-12H,3,7-10H2,1-2H3,(H,19,22). The number of carbonyl (C=O) groups excluding carboxylic acids is 1. The van der Waals surface area contributed by atoms with Crippen LogP contribution >= 0.6 is 0 Å². The fourth-order valence-electron chi connectivity index (χ4n) is 2.98. The Morgan fingerprint density at radius 2 is 1.96 bits per heavy atom. The summed E-state index contributed by atoms with van der Waals surface area (Å²) in [5.41, 5.74) is 2.45. The molecule has 1 aromatic carbocycles. The van der Waals surface area contributed by atoms with E-state index in [4.69, 9.17) is 0 Å². The van der Waals surface area contributed by atoms with E-state index in [1.54, 1.807) is 18.0 Å². The van der Waals surface area contributed by atoms with Crippen molar-refractivity contribution in [1.82, 2.24) is 14.2 Å². The van der Waals surface area contributed by atoms with Gasteiger partial charge in [-0.25, -0.2) is 13.2 Å². The first kappa shape index (κ1) is 17.6. The average molecular weight is 362 g/mol. The van der Waals surface area contributed by atoms with Crippen molar-refractivity contribution in [2.75, 3.05) is 37.2 Å². The number of nitrogens with one attached hydrogen (secondary N) is 1. The van der Waals surface area contributed by atoms with Crippen molar-refractivity contribution in [1.29, 1.82) is 0 Å². The predicted octanol–water partition coefficient (Wildman–Crippen LogP) is 2.04. The summed E-state index contributed by atoms with van der Waals surface area (Å²) < 4.78 is 25.3. The molecule has 25 heavy (non-hydrogen) atoms. The first-order valence-electron chi connectivity index (χ1n) is 8.30. The lowest BCUT2D eigenvalue weighted by molar-refractivity contribution is 0.184. The number of urea groups is 1. The molecule has 0 radical (unpaired) electrons. The number of amides is 2. The van der Waals surface area contributed by atoms with Crippen LogP contribution in [-0.2, 0) is 10.0 Å². The molecule has 0 atom stereocenters. The van der Waals surface area contributed by atoms with E-state index in [0.29, 0.717) is 31.9 Å². The zero-order valence-electron chi connectivity index (χ0n) is 14.4. The molecule has 1 aliphatic rings. The summed E-state index contributed by atoms with van der Waals surface area (Å²) in [4.78, 5) is 18.6. The van der Waals surface area contributed by atoms with Crippen LogP contribution in [0.15, 0.2) is 30.5 Å². The van der Waals surface area contributed by atoms with Gasteiger partial charge in [-0.1, -0.05) is 6.07 Å². The van der Waals surface area contributed by atoms with Gasteiger partial charge < -0.3 is 10.2 Å². The Hall–Kier alpha value is -2.19. The smallest absolute Gasteiger partial charge is 0.321 e. The minimum Gasteiger partial charge on any atom is -0.322 e. The summed E-state index contributed by atoms with van der Waals surface area (Å²) in [6, 6.07) is 7.50. The summed E-state index contributed by atoms with van der Waals surface area (Å²) in [6.45, 7) is 5.01. The number of aromatic nitrogens is 1. The minimum absolute atomic E-state index is 0.0835. The van der Waals surface area contributed by atoms with Crippen LogP contribution in [0.5, 0.6) is 0 Å². The van der Waals surface area contributed by atoms with Crippen molar-refractivity contribution in [2.45, 2.75) is 13.8 Å². The van der Waals surface area contributed by atoms with Gasteiger partial charge in [0.2, 0.25) is 10.0 Å². The highest BCUT2D eigenvalue weighted by Crippen LogP contribution is 2.23. The van der Waals surface area contributed by atoms with Crippen LogP contribution in [0.4, 0.5) is 10.5 Å². The van der Waals surface area contributed by atoms with E-state index >= 15 is 0 Å². The van der Waals surface area contributed by atoms with Crippen molar-refractivity contribution in [2.24, 2.45) is 0 Å². The Balaban J connectivity index is 1.72. The van der Waals surface area contributed by atoms with Gasteiger partial charge in [0, 0.05) is 37.8 Å². The van der Waals surface area contributed by atoms with Gasteiger partial charge in [-0.05, 0) is 37.6 Å². The topological polar surface area (TPSA) is 82.6 Å². The molecule has 134 valence electrons. The molecule has 0 bridgehead atoms. The van der Waals surface area contributed by atoms with Gasteiger partial charge in [0.25, 0.3) is 0 Å². The Labute approximate surface area is 147 Å². The van der Waals surface area contributed by atoms with Gasteiger partial charge in [-0.15, -0.1) is 0 Å². The third-order valence-corrected chi connectivity index (χ3v) is 6.26. The highest BCUT2D eigenvalue weighted by atomic mass is 32.2. The lowest BCUT2D eigenvalue weighted by Gasteiger charge is -2.33. The molecule has 7 nitrogen and oxygen atoms in total. The molecule has 3 rings (SSSR count). The average Bonchev–Trinajstić information content (AvgIpc) is 2.61. The molecule has 8 heteroatoms. The van der Waals surface area contributed by atoms with Crippen molar-refractivity contribution in [3.05, 3.63) is 36.0 Å². The van der Waals surface area contributed by atoms with Crippen LogP contribution in [0, 0.1) is 6.92 Å². The van der Waals surface area contributed by atoms with Crippen molar-refractivity contribution in [3.63, 3.8) is 0 Å². The number of aryl methyl sites for hydroxylation is 1. The number of sulfonamides is 1. The van der Waals surface area contributed by atoms with Gasteiger partial charge in [0.1, 0.15) is 0 Å².